The summed E-state index contributed by atoms with van der Waals surface area (Å²) >= 11 is 0. The van der Waals surface area contributed by atoms with Crippen LogP contribution in [0.25, 0.3) is 11.1 Å². The zero-order valence-corrected chi connectivity index (χ0v) is 16.6. The van der Waals surface area contributed by atoms with Crippen molar-refractivity contribution < 1.29 is 23.9 Å². The van der Waals surface area contributed by atoms with E-state index < -0.39 is 30.3 Å². The fraction of sp³-hybridized carbons (Fsp3) is 0.0833. The molecule has 154 valence electrons. The number of imide groups is 1. The maximum Gasteiger partial charge on any atom is 0.338 e. The molecule has 4 rings (SSSR count). The Hall–Kier alpha value is -4.26. The Balaban J connectivity index is 1.35. The molecule has 1 aliphatic heterocycles. The summed E-state index contributed by atoms with van der Waals surface area (Å²) in [6.07, 6.45) is 0. The highest BCUT2D eigenvalue weighted by molar-refractivity contribution is 6.21. The Morgan fingerprint density at radius 2 is 1.48 bits per heavy atom. The van der Waals surface area contributed by atoms with Crippen molar-refractivity contribution in [3.8, 4) is 11.1 Å². The van der Waals surface area contributed by atoms with E-state index >= 15 is 0 Å². The molecule has 1 N–H and O–H groups in total. The first-order valence-corrected chi connectivity index (χ1v) is 9.53. The van der Waals surface area contributed by atoms with E-state index in [0.717, 1.165) is 16.0 Å². The van der Waals surface area contributed by atoms with Crippen LogP contribution in [-0.2, 0) is 9.53 Å². The molecule has 0 radical (unpaired) electrons. The number of carbonyl (C=O) groups excluding carboxylic acids is 4. The van der Waals surface area contributed by atoms with Crippen LogP contribution in [0.3, 0.4) is 0 Å². The van der Waals surface area contributed by atoms with E-state index in [-0.39, 0.29) is 16.7 Å². The van der Waals surface area contributed by atoms with Crippen molar-refractivity contribution in [3.63, 3.8) is 0 Å². The van der Waals surface area contributed by atoms with Crippen molar-refractivity contribution in [2.24, 2.45) is 0 Å². The van der Waals surface area contributed by atoms with Gasteiger partial charge >= 0.3 is 5.97 Å². The second-order valence-electron chi connectivity index (χ2n) is 7.00. The molecule has 0 aromatic heterocycles. The highest BCUT2D eigenvalue weighted by atomic mass is 16.5. The number of benzene rings is 3. The first kappa shape index (κ1) is 20.0. The third-order valence-corrected chi connectivity index (χ3v) is 4.94. The summed E-state index contributed by atoms with van der Waals surface area (Å²) in [7, 11) is 1.37. The third-order valence-electron chi connectivity index (χ3n) is 4.94. The molecular formula is C24H18N2O5. The topological polar surface area (TPSA) is 92.8 Å². The second-order valence-corrected chi connectivity index (χ2v) is 7.00. The minimum Gasteiger partial charge on any atom is -0.452 e. The summed E-state index contributed by atoms with van der Waals surface area (Å²) in [6, 6.07) is 21.2. The molecule has 0 bridgehead atoms. The lowest BCUT2D eigenvalue weighted by Gasteiger charge is -2.08. The number of fused-ring (bicyclic) bond motifs is 1. The average molecular weight is 414 g/mol. The molecule has 7 heteroatoms. The Kier molecular flexibility index (Phi) is 5.32. The fourth-order valence-electron chi connectivity index (χ4n) is 3.28. The number of nitrogens with zero attached hydrogens (tertiary/aromatic N) is 1. The van der Waals surface area contributed by atoms with Crippen molar-refractivity contribution in [1.82, 2.24) is 4.90 Å². The summed E-state index contributed by atoms with van der Waals surface area (Å²) in [4.78, 5) is 49.3. The molecule has 31 heavy (non-hydrogen) atoms. The summed E-state index contributed by atoms with van der Waals surface area (Å²) in [6.45, 7) is -0.483. The van der Waals surface area contributed by atoms with Gasteiger partial charge in [0.05, 0.1) is 16.7 Å². The number of rotatable bonds is 5. The van der Waals surface area contributed by atoms with E-state index in [2.05, 4.69) is 5.32 Å². The van der Waals surface area contributed by atoms with Crippen LogP contribution in [0.1, 0.15) is 31.1 Å². The van der Waals surface area contributed by atoms with Crippen LogP contribution in [0.15, 0.2) is 72.8 Å². The molecule has 0 spiro atoms. The number of hydrogen-bond donors (Lipinski definition) is 1. The largest absolute Gasteiger partial charge is 0.452 e. The lowest BCUT2D eigenvalue weighted by molar-refractivity contribution is -0.119. The number of anilines is 1. The molecule has 3 aromatic carbocycles. The average Bonchev–Trinajstić information content (AvgIpc) is 3.02. The van der Waals surface area contributed by atoms with Crippen LogP contribution < -0.4 is 5.32 Å². The summed E-state index contributed by atoms with van der Waals surface area (Å²) < 4.78 is 5.04. The predicted octanol–water partition coefficient (Wildman–Crippen LogP) is 3.37. The van der Waals surface area contributed by atoms with E-state index in [1.54, 1.807) is 12.1 Å². The molecule has 0 atom stereocenters. The Bertz CT molecular complexity index is 1190. The van der Waals surface area contributed by atoms with E-state index in [1.807, 2.05) is 42.5 Å². The number of esters is 1. The summed E-state index contributed by atoms with van der Waals surface area (Å²) in [5.41, 5.74) is 3.13. The number of carbonyl (C=O) groups is 4. The maximum atomic E-state index is 12.3. The van der Waals surface area contributed by atoms with Crippen molar-refractivity contribution in [3.05, 3.63) is 89.5 Å². The Labute approximate surface area is 178 Å². The minimum absolute atomic E-state index is 0.0928. The van der Waals surface area contributed by atoms with Gasteiger partial charge in [-0.15, -0.1) is 0 Å². The van der Waals surface area contributed by atoms with Gasteiger partial charge in [-0.2, -0.15) is 0 Å². The second kappa shape index (κ2) is 8.23. The minimum atomic E-state index is -0.757. The van der Waals surface area contributed by atoms with Gasteiger partial charge < -0.3 is 10.1 Å². The number of ether oxygens (including phenoxy) is 1. The maximum absolute atomic E-state index is 12.3. The molecule has 0 aliphatic carbocycles. The molecule has 0 saturated carbocycles. The predicted molar refractivity (Wildman–Crippen MR) is 114 cm³/mol. The van der Waals surface area contributed by atoms with Crippen LogP contribution in [0.2, 0.25) is 0 Å². The number of nitrogens with one attached hydrogen (secondary N) is 1. The molecule has 0 fully saturated rings. The Morgan fingerprint density at radius 1 is 0.839 bits per heavy atom. The van der Waals surface area contributed by atoms with Gasteiger partial charge in [-0.1, -0.05) is 42.5 Å². The fourth-order valence-corrected chi connectivity index (χ4v) is 3.28. The summed E-state index contributed by atoms with van der Waals surface area (Å²) in [5, 5.41) is 2.67. The van der Waals surface area contributed by atoms with Gasteiger partial charge in [-0.05, 0) is 41.5 Å². The van der Waals surface area contributed by atoms with Gasteiger partial charge in [-0.3, -0.25) is 19.3 Å². The lowest BCUT2D eigenvalue weighted by atomic mass is 10.1. The van der Waals surface area contributed by atoms with Crippen LogP contribution in [-0.4, -0.2) is 42.2 Å². The van der Waals surface area contributed by atoms with Crippen LogP contribution in [0.5, 0.6) is 0 Å². The van der Waals surface area contributed by atoms with Crippen LogP contribution >= 0.6 is 0 Å². The normalized spacial score (nSPS) is 12.5. The molecule has 0 saturated heterocycles. The van der Waals surface area contributed by atoms with Gasteiger partial charge in [-0.25, -0.2) is 4.79 Å². The van der Waals surface area contributed by atoms with Crippen molar-refractivity contribution in [2.75, 3.05) is 19.0 Å². The first-order chi connectivity index (χ1) is 14.9. The summed E-state index contributed by atoms with van der Waals surface area (Å²) in [5.74, 6) is -2.15. The molecule has 1 aliphatic rings. The molecule has 0 unspecified atom stereocenters. The van der Waals surface area contributed by atoms with Crippen LogP contribution in [0, 0.1) is 0 Å². The number of amides is 3. The SMILES string of the molecule is CN1C(=O)c2ccc(C(=O)OCC(=O)Nc3ccc(-c4ccccc4)cc3)cc2C1=O. The standard InChI is InChI=1S/C24H18N2O5/c1-26-22(28)19-12-9-17(13-20(19)23(26)29)24(30)31-14-21(27)25-18-10-7-16(8-11-18)15-5-3-2-4-6-15/h2-13H,14H2,1H3,(H,25,27). The zero-order chi connectivity index (χ0) is 22.0. The Morgan fingerprint density at radius 3 is 2.19 bits per heavy atom. The first-order valence-electron chi connectivity index (χ1n) is 9.53. The van der Waals surface area contributed by atoms with E-state index in [4.69, 9.17) is 4.74 Å². The van der Waals surface area contributed by atoms with E-state index in [1.165, 1.54) is 25.2 Å². The van der Waals surface area contributed by atoms with Gasteiger partial charge in [0.1, 0.15) is 0 Å². The van der Waals surface area contributed by atoms with Crippen LogP contribution in [0.4, 0.5) is 5.69 Å². The molecule has 7 nitrogen and oxygen atoms in total. The van der Waals surface area contributed by atoms with Gasteiger partial charge in [0, 0.05) is 12.7 Å². The van der Waals surface area contributed by atoms with Crippen molar-refractivity contribution in [1.29, 1.82) is 0 Å². The van der Waals surface area contributed by atoms with Gasteiger partial charge in [0.15, 0.2) is 6.61 Å². The highest BCUT2D eigenvalue weighted by Gasteiger charge is 2.33. The van der Waals surface area contributed by atoms with E-state index in [0.29, 0.717) is 5.69 Å². The molecule has 3 aromatic rings. The monoisotopic (exact) mass is 414 g/mol. The number of hydrogen-bond acceptors (Lipinski definition) is 5. The van der Waals surface area contributed by atoms with Crippen molar-refractivity contribution >= 4 is 29.4 Å². The molecule has 1 heterocycles. The highest BCUT2D eigenvalue weighted by Crippen LogP contribution is 2.23. The smallest absolute Gasteiger partial charge is 0.338 e. The zero-order valence-electron chi connectivity index (χ0n) is 16.6. The quantitative estimate of drug-likeness (QED) is 0.510. The lowest BCUT2D eigenvalue weighted by Crippen LogP contribution is -2.24. The van der Waals surface area contributed by atoms with E-state index in [9.17, 15) is 19.2 Å². The molecule has 3 amide bonds. The van der Waals surface area contributed by atoms with Crippen molar-refractivity contribution in [2.45, 2.75) is 0 Å². The van der Waals surface area contributed by atoms with Gasteiger partial charge in [0.25, 0.3) is 17.7 Å². The molecular weight excluding hydrogens is 396 g/mol. The van der Waals surface area contributed by atoms with Gasteiger partial charge in [0.2, 0.25) is 0 Å². The third kappa shape index (κ3) is 4.06.